The molecule has 0 aliphatic heterocycles. The smallest absolute Gasteiger partial charge is 0.279 e. The molecule has 2 aromatic carbocycles. The molecule has 5 rings (SSSR count). The molecular weight excluding hydrogens is 382 g/mol. The van der Waals surface area contributed by atoms with Crippen LogP contribution >= 0.6 is 0 Å². The summed E-state index contributed by atoms with van der Waals surface area (Å²) >= 11 is 0. The molecule has 3 heterocycles. The monoisotopic (exact) mass is 403 g/mol. The number of para-hydroxylation sites is 1. The molecule has 0 aliphatic rings. The first-order valence-electron chi connectivity index (χ1n) is 10.2. The summed E-state index contributed by atoms with van der Waals surface area (Å²) in [7, 11) is 0. The Kier molecular flexibility index (Phi) is 4.81. The van der Waals surface area contributed by atoms with Crippen LogP contribution in [0.2, 0.25) is 0 Å². The molecule has 3 aromatic heterocycles. The zero-order chi connectivity index (χ0) is 21.2. The highest BCUT2D eigenvalue weighted by molar-refractivity contribution is 5.67. The maximum atomic E-state index is 13.7. The molecule has 0 N–H and O–H groups in total. The van der Waals surface area contributed by atoms with Crippen molar-refractivity contribution < 1.29 is 0 Å². The molecule has 150 valence electrons. The minimum absolute atomic E-state index is 0.0811. The predicted molar refractivity (Wildman–Crippen MR) is 125 cm³/mol. The molecule has 0 radical (unpaired) electrons. The zero-order valence-corrected chi connectivity index (χ0v) is 17.1. The topological polar surface area (TPSA) is 39.8 Å². The van der Waals surface area contributed by atoms with Crippen LogP contribution in [0.5, 0.6) is 0 Å². The molecule has 0 fully saturated rings. The van der Waals surface area contributed by atoms with Crippen molar-refractivity contribution in [2.75, 3.05) is 0 Å². The molecule has 0 spiro atoms. The maximum Gasteiger partial charge on any atom is 0.279 e. The summed E-state index contributed by atoms with van der Waals surface area (Å²) in [5.74, 6) is 0. The van der Waals surface area contributed by atoms with Gasteiger partial charge in [-0.15, -0.1) is 0 Å². The highest BCUT2D eigenvalue weighted by Gasteiger charge is 2.16. The third kappa shape index (κ3) is 3.49. The summed E-state index contributed by atoms with van der Waals surface area (Å²) in [5.41, 5.74) is 6.06. The molecule has 0 aliphatic carbocycles. The van der Waals surface area contributed by atoms with Gasteiger partial charge in [0.1, 0.15) is 5.69 Å². The normalized spacial score (nSPS) is 10.9. The highest BCUT2D eigenvalue weighted by atomic mass is 16.1. The predicted octanol–water partition coefficient (Wildman–Crippen LogP) is 5.67. The molecule has 0 unspecified atom stereocenters. The van der Waals surface area contributed by atoms with Crippen molar-refractivity contribution in [2.45, 2.75) is 6.92 Å². The van der Waals surface area contributed by atoms with Gasteiger partial charge in [0, 0.05) is 29.3 Å². The Bertz CT molecular complexity index is 1390. The van der Waals surface area contributed by atoms with E-state index in [2.05, 4.69) is 23.2 Å². The van der Waals surface area contributed by atoms with Crippen LogP contribution in [0.3, 0.4) is 0 Å². The number of pyridine rings is 2. The van der Waals surface area contributed by atoms with E-state index in [9.17, 15) is 4.79 Å². The molecule has 0 atom stereocenters. The average Bonchev–Trinajstić information content (AvgIpc) is 3.22. The molecule has 0 saturated carbocycles. The quantitative estimate of drug-likeness (QED) is 0.388. The van der Waals surface area contributed by atoms with E-state index in [0.29, 0.717) is 5.69 Å². The molecule has 4 nitrogen and oxygen atoms in total. The third-order valence-corrected chi connectivity index (χ3v) is 5.38. The van der Waals surface area contributed by atoms with Gasteiger partial charge in [-0.25, -0.2) is 0 Å². The van der Waals surface area contributed by atoms with Crippen molar-refractivity contribution in [1.82, 2.24) is 14.1 Å². The number of aryl methyl sites for hydroxylation is 1. The lowest BCUT2D eigenvalue weighted by Gasteiger charge is -2.16. The Labute approximate surface area is 180 Å². The lowest BCUT2D eigenvalue weighted by Crippen LogP contribution is -2.24. The van der Waals surface area contributed by atoms with E-state index in [-0.39, 0.29) is 5.56 Å². The molecule has 0 saturated heterocycles. The Morgan fingerprint density at radius 3 is 2.16 bits per heavy atom. The fourth-order valence-electron chi connectivity index (χ4n) is 3.87. The third-order valence-electron chi connectivity index (χ3n) is 5.38. The second kappa shape index (κ2) is 7.92. The van der Waals surface area contributed by atoms with Gasteiger partial charge < -0.3 is 4.57 Å². The maximum absolute atomic E-state index is 13.7. The van der Waals surface area contributed by atoms with Crippen LogP contribution < -0.4 is 5.56 Å². The number of benzene rings is 2. The van der Waals surface area contributed by atoms with Gasteiger partial charge in [0.05, 0.1) is 11.4 Å². The lowest BCUT2D eigenvalue weighted by molar-refractivity contribution is 0.923. The first kappa shape index (κ1) is 18.8. The lowest BCUT2D eigenvalue weighted by atomic mass is 10.1. The molecule has 0 amide bonds. The van der Waals surface area contributed by atoms with Crippen molar-refractivity contribution in [3.63, 3.8) is 0 Å². The first-order valence-corrected chi connectivity index (χ1v) is 10.2. The zero-order valence-electron chi connectivity index (χ0n) is 17.1. The van der Waals surface area contributed by atoms with E-state index in [1.165, 1.54) is 0 Å². The largest absolute Gasteiger partial charge is 0.309 e. The van der Waals surface area contributed by atoms with Gasteiger partial charge >= 0.3 is 0 Å². The second-order valence-electron chi connectivity index (χ2n) is 7.40. The second-order valence-corrected chi connectivity index (χ2v) is 7.40. The molecule has 4 heteroatoms. The summed E-state index contributed by atoms with van der Waals surface area (Å²) in [4.78, 5) is 18.2. The van der Waals surface area contributed by atoms with E-state index >= 15 is 0 Å². The van der Waals surface area contributed by atoms with E-state index < -0.39 is 0 Å². The van der Waals surface area contributed by atoms with Gasteiger partial charge in [-0.1, -0.05) is 54.6 Å². The number of hydrogen-bond donors (Lipinski definition) is 0. The van der Waals surface area contributed by atoms with Gasteiger partial charge in [-0.05, 0) is 55.0 Å². The summed E-state index contributed by atoms with van der Waals surface area (Å²) in [6, 6.07) is 31.7. The average molecular weight is 403 g/mol. The minimum Gasteiger partial charge on any atom is -0.309 e. The van der Waals surface area contributed by atoms with Crippen LogP contribution in [-0.2, 0) is 0 Å². The van der Waals surface area contributed by atoms with Gasteiger partial charge in [-0.2, -0.15) is 0 Å². The fraction of sp³-hybridized carbons (Fsp3) is 0.0370. The number of hydrogen-bond acceptors (Lipinski definition) is 2. The van der Waals surface area contributed by atoms with Crippen LogP contribution in [0.25, 0.3) is 33.9 Å². The molecular formula is C27H21N3O. The fourth-order valence-corrected chi connectivity index (χ4v) is 3.87. The summed E-state index contributed by atoms with van der Waals surface area (Å²) in [6.07, 6.45) is 3.63. The van der Waals surface area contributed by atoms with Crippen LogP contribution in [0, 0.1) is 6.92 Å². The van der Waals surface area contributed by atoms with E-state index in [1.54, 1.807) is 10.8 Å². The SMILES string of the molecule is Cc1ccc(-c2ccccc2)n1-c1cc(-c2ccccn2)cn(-c2ccccc2)c1=O. The van der Waals surface area contributed by atoms with Gasteiger partial charge in [-0.3, -0.25) is 14.3 Å². The van der Waals surface area contributed by atoms with Crippen molar-refractivity contribution in [3.8, 4) is 33.9 Å². The highest BCUT2D eigenvalue weighted by Crippen LogP contribution is 2.27. The van der Waals surface area contributed by atoms with Gasteiger partial charge in [0.2, 0.25) is 0 Å². The number of aromatic nitrogens is 3. The van der Waals surface area contributed by atoms with Crippen LogP contribution in [0.15, 0.2) is 114 Å². The Morgan fingerprint density at radius 2 is 1.45 bits per heavy atom. The van der Waals surface area contributed by atoms with Crippen molar-refractivity contribution in [1.29, 1.82) is 0 Å². The van der Waals surface area contributed by atoms with Gasteiger partial charge in [0.25, 0.3) is 5.56 Å². The van der Waals surface area contributed by atoms with Gasteiger partial charge in [0.15, 0.2) is 0 Å². The summed E-state index contributed by atoms with van der Waals surface area (Å²) < 4.78 is 3.73. The Morgan fingerprint density at radius 1 is 0.742 bits per heavy atom. The first-order chi connectivity index (χ1) is 15.2. The number of nitrogens with zero attached hydrogens (tertiary/aromatic N) is 3. The van der Waals surface area contributed by atoms with Crippen LogP contribution in [-0.4, -0.2) is 14.1 Å². The number of rotatable bonds is 4. The molecule has 0 bridgehead atoms. The summed E-state index contributed by atoms with van der Waals surface area (Å²) in [6.45, 7) is 2.02. The molecule has 5 aromatic rings. The Balaban J connectivity index is 1.81. The standard InChI is InChI=1S/C27H21N3O/c1-20-15-16-25(21-10-4-2-5-11-21)30(20)26-18-22(24-14-8-9-17-28-24)19-29(27(26)31)23-12-6-3-7-13-23/h2-19H,1H3. The van der Waals surface area contributed by atoms with E-state index in [4.69, 9.17) is 0 Å². The van der Waals surface area contributed by atoms with Crippen molar-refractivity contribution in [3.05, 3.63) is 126 Å². The van der Waals surface area contributed by atoms with Crippen molar-refractivity contribution in [2.24, 2.45) is 0 Å². The van der Waals surface area contributed by atoms with E-state index in [1.807, 2.05) is 96.6 Å². The van der Waals surface area contributed by atoms with Crippen LogP contribution in [0.1, 0.15) is 5.69 Å². The molecule has 31 heavy (non-hydrogen) atoms. The Hall–Kier alpha value is -4.18. The summed E-state index contributed by atoms with van der Waals surface area (Å²) in [5, 5.41) is 0. The minimum atomic E-state index is -0.0811. The van der Waals surface area contributed by atoms with Crippen LogP contribution in [0.4, 0.5) is 0 Å². The van der Waals surface area contributed by atoms with E-state index in [0.717, 1.165) is 33.9 Å². The van der Waals surface area contributed by atoms with Crippen molar-refractivity contribution >= 4 is 0 Å².